The van der Waals surface area contributed by atoms with E-state index in [2.05, 4.69) is 27.2 Å². The molecule has 1 aromatic carbocycles. The van der Waals surface area contributed by atoms with E-state index in [4.69, 9.17) is 0 Å². The number of sulfonamides is 1. The molecule has 0 saturated carbocycles. The fourth-order valence-electron chi connectivity index (χ4n) is 2.09. The van der Waals surface area contributed by atoms with E-state index in [1.165, 1.54) is 29.5 Å². The van der Waals surface area contributed by atoms with Gasteiger partial charge in [0.05, 0.1) is 4.90 Å². The third-order valence-corrected chi connectivity index (χ3v) is 5.78. The number of aromatic nitrogens is 2. The summed E-state index contributed by atoms with van der Waals surface area (Å²) in [5.41, 5.74) is 0.247. The number of anilines is 1. The molecule has 1 heterocycles. The summed E-state index contributed by atoms with van der Waals surface area (Å²) in [5, 5.41) is 11.9. The summed E-state index contributed by atoms with van der Waals surface area (Å²) in [6, 6.07) is 5.67. The van der Waals surface area contributed by atoms with Crippen LogP contribution in [0.3, 0.4) is 0 Å². The second-order valence-corrected chi connectivity index (χ2v) is 8.64. The van der Waals surface area contributed by atoms with Crippen LogP contribution in [0.5, 0.6) is 0 Å². The van der Waals surface area contributed by atoms with E-state index in [9.17, 15) is 13.2 Å². The number of nitrogens with one attached hydrogen (secondary N) is 2. The van der Waals surface area contributed by atoms with Crippen LogP contribution in [0.1, 0.15) is 49.0 Å². The van der Waals surface area contributed by atoms with Gasteiger partial charge in [0.25, 0.3) is 5.91 Å². The van der Waals surface area contributed by atoms with Crippen molar-refractivity contribution in [1.82, 2.24) is 14.9 Å². The fraction of sp³-hybridized carbons (Fsp3) is 0.438. The SMILES string of the molecule is CCCCc1nnc(NC(=O)c2cccc(S(=O)(=O)NC(C)C)c2)s1. The lowest BCUT2D eigenvalue weighted by molar-refractivity contribution is 0.102. The third-order valence-electron chi connectivity index (χ3n) is 3.23. The topological polar surface area (TPSA) is 101 Å². The molecule has 7 nitrogen and oxygen atoms in total. The van der Waals surface area contributed by atoms with Gasteiger partial charge in [-0.15, -0.1) is 10.2 Å². The van der Waals surface area contributed by atoms with Gasteiger partial charge in [-0.05, 0) is 38.5 Å². The molecule has 0 aliphatic heterocycles. The molecule has 0 aliphatic carbocycles. The van der Waals surface area contributed by atoms with Gasteiger partial charge >= 0.3 is 0 Å². The first-order valence-corrected chi connectivity index (χ1v) is 10.4. The number of carbonyl (C=O) groups is 1. The minimum Gasteiger partial charge on any atom is -0.296 e. The van der Waals surface area contributed by atoms with Gasteiger partial charge in [-0.3, -0.25) is 10.1 Å². The Morgan fingerprint density at radius 3 is 2.72 bits per heavy atom. The van der Waals surface area contributed by atoms with Crippen molar-refractivity contribution >= 4 is 32.4 Å². The van der Waals surface area contributed by atoms with Crippen LogP contribution in [-0.2, 0) is 16.4 Å². The number of hydrogen-bond donors (Lipinski definition) is 2. The summed E-state index contributed by atoms with van der Waals surface area (Å²) in [6.07, 6.45) is 2.91. The first-order chi connectivity index (χ1) is 11.8. The molecule has 0 bridgehead atoms. The lowest BCUT2D eigenvalue weighted by atomic mass is 10.2. The maximum Gasteiger partial charge on any atom is 0.257 e. The van der Waals surface area contributed by atoms with E-state index in [1.54, 1.807) is 19.9 Å². The van der Waals surface area contributed by atoms with Crippen molar-refractivity contribution < 1.29 is 13.2 Å². The zero-order valence-electron chi connectivity index (χ0n) is 14.4. The monoisotopic (exact) mass is 382 g/mol. The zero-order chi connectivity index (χ0) is 18.4. The van der Waals surface area contributed by atoms with E-state index >= 15 is 0 Å². The molecule has 0 fully saturated rings. The third kappa shape index (κ3) is 5.58. The van der Waals surface area contributed by atoms with Crippen molar-refractivity contribution in [3.63, 3.8) is 0 Å². The Hall–Kier alpha value is -1.84. The van der Waals surface area contributed by atoms with Crippen molar-refractivity contribution in [2.45, 2.75) is 51.0 Å². The van der Waals surface area contributed by atoms with Crippen molar-refractivity contribution in [2.24, 2.45) is 0 Å². The molecule has 0 unspecified atom stereocenters. The average Bonchev–Trinajstić information content (AvgIpc) is 2.99. The van der Waals surface area contributed by atoms with Crippen LogP contribution in [-0.4, -0.2) is 30.6 Å². The Bertz CT molecular complexity index is 831. The van der Waals surface area contributed by atoms with Gasteiger partial charge in [0.15, 0.2) is 0 Å². The number of carbonyl (C=O) groups excluding carboxylic acids is 1. The highest BCUT2D eigenvalue weighted by Gasteiger charge is 2.18. The molecule has 0 spiro atoms. The highest BCUT2D eigenvalue weighted by atomic mass is 32.2. The number of amides is 1. The van der Waals surface area contributed by atoms with Gasteiger partial charge in [0.1, 0.15) is 5.01 Å². The molecular formula is C16H22N4O3S2. The molecule has 2 aromatic rings. The Morgan fingerprint density at radius 1 is 1.28 bits per heavy atom. The van der Waals surface area contributed by atoms with Crippen LogP contribution in [0, 0.1) is 0 Å². The minimum absolute atomic E-state index is 0.0507. The average molecular weight is 383 g/mol. The molecule has 1 amide bonds. The summed E-state index contributed by atoms with van der Waals surface area (Å²) in [6.45, 7) is 5.57. The van der Waals surface area contributed by atoms with Gasteiger partial charge in [-0.2, -0.15) is 0 Å². The first-order valence-electron chi connectivity index (χ1n) is 8.08. The fourth-order valence-corrected chi connectivity index (χ4v) is 4.16. The second kappa shape index (κ2) is 8.50. The van der Waals surface area contributed by atoms with Crippen molar-refractivity contribution in [3.05, 3.63) is 34.8 Å². The normalized spacial score (nSPS) is 11.7. The standard InChI is InChI=1S/C16H22N4O3S2/c1-4-5-9-14-18-19-16(24-14)17-15(21)12-7-6-8-13(10-12)25(22,23)20-11(2)3/h6-8,10-11,20H,4-5,9H2,1-3H3,(H,17,19,21). The van der Waals surface area contributed by atoms with Crippen LogP contribution >= 0.6 is 11.3 Å². The number of aryl methyl sites for hydroxylation is 1. The summed E-state index contributed by atoms with van der Waals surface area (Å²) in [5.74, 6) is -0.417. The summed E-state index contributed by atoms with van der Waals surface area (Å²) in [7, 11) is -3.65. The Labute approximate surface area is 151 Å². The maximum atomic E-state index is 12.4. The van der Waals surface area contributed by atoms with Crippen LogP contribution in [0.25, 0.3) is 0 Å². The molecule has 0 radical (unpaired) electrons. The smallest absolute Gasteiger partial charge is 0.257 e. The van der Waals surface area contributed by atoms with E-state index in [0.717, 1.165) is 24.3 Å². The molecule has 1 aromatic heterocycles. The quantitative estimate of drug-likeness (QED) is 0.731. The number of benzene rings is 1. The Morgan fingerprint density at radius 2 is 2.04 bits per heavy atom. The van der Waals surface area contributed by atoms with Crippen LogP contribution in [0.15, 0.2) is 29.2 Å². The maximum absolute atomic E-state index is 12.4. The summed E-state index contributed by atoms with van der Waals surface area (Å²) < 4.78 is 26.9. The van der Waals surface area contributed by atoms with E-state index in [1.807, 2.05) is 0 Å². The number of rotatable bonds is 8. The summed E-state index contributed by atoms with van der Waals surface area (Å²) in [4.78, 5) is 12.4. The molecular weight excluding hydrogens is 360 g/mol. The van der Waals surface area contributed by atoms with E-state index in [0.29, 0.717) is 5.13 Å². The van der Waals surface area contributed by atoms with Crippen molar-refractivity contribution in [1.29, 1.82) is 0 Å². The molecule has 136 valence electrons. The van der Waals surface area contributed by atoms with Crippen molar-refractivity contribution in [3.8, 4) is 0 Å². The predicted octanol–water partition coefficient (Wildman–Crippen LogP) is 2.82. The highest BCUT2D eigenvalue weighted by Crippen LogP contribution is 2.19. The largest absolute Gasteiger partial charge is 0.296 e. The van der Waals surface area contributed by atoms with Crippen molar-refractivity contribution in [2.75, 3.05) is 5.32 Å². The lowest BCUT2D eigenvalue weighted by Crippen LogP contribution is -2.30. The molecule has 2 N–H and O–H groups in total. The molecule has 9 heteroatoms. The van der Waals surface area contributed by atoms with Gasteiger partial charge in [0, 0.05) is 18.0 Å². The predicted molar refractivity (Wildman–Crippen MR) is 98.4 cm³/mol. The van der Waals surface area contributed by atoms with Crippen LogP contribution < -0.4 is 10.0 Å². The molecule has 25 heavy (non-hydrogen) atoms. The Kier molecular flexibility index (Phi) is 6.63. The first kappa shape index (κ1) is 19.5. The van der Waals surface area contributed by atoms with E-state index in [-0.39, 0.29) is 16.5 Å². The van der Waals surface area contributed by atoms with Crippen LogP contribution in [0.2, 0.25) is 0 Å². The zero-order valence-corrected chi connectivity index (χ0v) is 16.1. The highest BCUT2D eigenvalue weighted by molar-refractivity contribution is 7.89. The Balaban J connectivity index is 2.12. The number of nitrogens with zero attached hydrogens (tertiary/aromatic N) is 2. The molecule has 2 rings (SSSR count). The van der Waals surface area contributed by atoms with Gasteiger partial charge in [-0.1, -0.05) is 30.7 Å². The number of unbranched alkanes of at least 4 members (excludes halogenated alkanes) is 1. The van der Waals surface area contributed by atoms with Crippen LogP contribution in [0.4, 0.5) is 5.13 Å². The second-order valence-electron chi connectivity index (χ2n) is 5.86. The van der Waals surface area contributed by atoms with E-state index < -0.39 is 15.9 Å². The molecule has 0 saturated heterocycles. The minimum atomic E-state index is -3.65. The molecule has 0 atom stereocenters. The van der Waals surface area contributed by atoms with Gasteiger partial charge in [-0.25, -0.2) is 13.1 Å². The summed E-state index contributed by atoms with van der Waals surface area (Å²) >= 11 is 1.33. The molecule has 0 aliphatic rings. The van der Waals surface area contributed by atoms with Gasteiger partial charge < -0.3 is 0 Å². The lowest BCUT2D eigenvalue weighted by Gasteiger charge is -2.10. The number of hydrogen-bond acceptors (Lipinski definition) is 6. The van der Waals surface area contributed by atoms with Gasteiger partial charge in [0.2, 0.25) is 15.2 Å².